The van der Waals surface area contributed by atoms with Crippen LogP contribution in [0, 0.1) is 0 Å². The van der Waals surface area contributed by atoms with Crippen molar-refractivity contribution < 1.29 is 47.6 Å². The van der Waals surface area contributed by atoms with Crippen LogP contribution >= 0.6 is 0 Å². The van der Waals surface area contributed by atoms with E-state index in [1.54, 1.807) is 0 Å². The number of aliphatic hydroxyl groups is 1. The number of rotatable bonds is 11. The van der Waals surface area contributed by atoms with Gasteiger partial charge in [0.15, 0.2) is 0 Å². The van der Waals surface area contributed by atoms with E-state index in [1.807, 2.05) is 0 Å². The fourth-order valence-electron chi connectivity index (χ4n) is 1.83. The van der Waals surface area contributed by atoms with Crippen LogP contribution in [0.15, 0.2) is 0 Å². The van der Waals surface area contributed by atoms with Crippen molar-refractivity contribution in [3.8, 4) is 0 Å². The van der Waals surface area contributed by atoms with Crippen LogP contribution in [0.25, 0.3) is 0 Å². The molecule has 1 atom stereocenters. The fourth-order valence-corrected chi connectivity index (χ4v) is 2.47. The molecule has 0 heterocycles. The van der Waals surface area contributed by atoms with Crippen LogP contribution in [0.4, 0.5) is 0 Å². The van der Waals surface area contributed by atoms with Crippen molar-refractivity contribution in [2.24, 2.45) is 0 Å². The Labute approximate surface area is 134 Å². The van der Waals surface area contributed by atoms with E-state index in [0.717, 1.165) is 12.8 Å². The molecule has 0 saturated carbocycles. The van der Waals surface area contributed by atoms with Gasteiger partial charge in [0.05, 0.1) is 22.0 Å². The van der Waals surface area contributed by atoms with Crippen molar-refractivity contribution in [1.82, 2.24) is 0 Å². The molecular formula is C12H25NaO4S. The van der Waals surface area contributed by atoms with Gasteiger partial charge in [-0.2, -0.15) is 0 Å². The first-order valence-electron chi connectivity index (χ1n) is 6.58. The maximum absolute atomic E-state index is 10.7. The van der Waals surface area contributed by atoms with Crippen molar-refractivity contribution in [2.75, 3.05) is 6.61 Å². The third kappa shape index (κ3) is 11.9. The van der Waals surface area contributed by atoms with Gasteiger partial charge < -0.3 is 9.66 Å². The van der Waals surface area contributed by atoms with Gasteiger partial charge in [-0.25, -0.2) is 8.42 Å². The molecule has 0 amide bonds. The SMILES string of the molecule is CCCCCCCCCCC(CO)S(=O)(=O)[O-].[Na+]. The third-order valence-corrected chi connectivity index (χ3v) is 4.19. The second kappa shape index (κ2) is 12.9. The van der Waals surface area contributed by atoms with Crippen molar-refractivity contribution in [1.29, 1.82) is 0 Å². The Morgan fingerprint density at radius 3 is 1.83 bits per heavy atom. The van der Waals surface area contributed by atoms with Crippen LogP contribution in [-0.2, 0) is 10.1 Å². The van der Waals surface area contributed by atoms with Gasteiger partial charge >= 0.3 is 29.6 Å². The first kappa shape index (κ1) is 21.2. The quantitative estimate of drug-likeness (QED) is 0.314. The van der Waals surface area contributed by atoms with E-state index in [1.165, 1.54) is 32.1 Å². The minimum atomic E-state index is -4.32. The van der Waals surface area contributed by atoms with Crippen molar-refractivity contribution >= 4 is 10.1 Å². The Kier molecular flexibility index (Phi) is 15.2. The molecular weight excluding hydrogens is 263 g/mol. The molecule has 0 bridgehead atoms. The molecule has 0 spiro atoms. The van der Waals surface area contributed by atoms with E-state index in [2.05, 4.69) is 6.92 Å². The summed E-state index contributed by atoms with van der Waals surface area (Å²) in [5, 5.41) is 7.67. The molecule has 0 fully saturated rings. The van der Waals surface area contributed by atoms with Gasteiger partial charge in [0, 0.05) is 0 Å². The normalized spacial score (nSPS) is 13.1. The molecule has 1 unspecified atom stereocenters. The van der Waals surface area contributed by atoms with Crippen LogP contribution in [0.1, 0.15) is 64.7 Å². The second-order valence-electron chi connectivity index (χ2n) is 4.56. The Morgan fingerprint density at radius 1 is 1.00 bits per heavy atom. The molecule has 0 aromatic carbocycles. The van der Waals surface area contributed by atoms with Crippen LogP contribution in [-0.4, -0.2) is 29.9 Å². The summed E-state index contributed by atoms with van der Waals surface area (Å²) in [6, 6.07) is 0. The van der Waals surface area contributed by atoms with Crippen molar-refractivity contribution in [3.63, 3.8) is 0 Å². The van der Waals surface area contributed by atoms with Gasteiger partial charge in [0.2, 0.25) is 0 Å². The van der Waals surface area contributed by atoms with E-state index in [0.29, 0.717) is 6.42 Å². The van der Waals surface area contributed by atoms with E-state index in [9.17, 15) is 13.0 Å². The predicted molar refractivity (Wildman–Crippen MR) is 67.8 cm³/mol. The molecule has 0 aliphatic carbocycles. The van der Waals surface area contributed by atoms with E-state index < -0.39 is 22.0 Å². The Hall–Kier alpha value is 0.870. The first-order valence-corrected chi connectivity index (χ1v) is 8.05. The summed E-state index contributed by atoms with van der Waals surface area (Å²) in [4.78, 5) is 0. The summed E-state index contributed by atoms with van der Waals surface area (Å²) >= 11 is 0. The molecule has 0 rings (SSSR count). The fraction of sp³-hybridized carbons (Fsp3) is 1.00. The summed E-state index contributed by atoms with van der Waals surface area (Å²) in [5.74, 6) is 0. The van der Waals surface area contributed by atoms with Gasteiger partial charge in [-0.3, -0.25) is 0 Å². The summed E-state index contributed by atoms with van der Waals surface area (Å²) < 4.78 is 32.1. The molecule has 4 nitrogen and oxygen atoms in total. The number of aliphatic hydroxyl groups excluding tert-OH is 1. The smallest absolute Gasteiger partial charge is 0.748 e. The van der Waals surface area contributed by atoms with Crippen molar-refractivity contribution in [3.05, 3.63) is 0 Å². The van der Waals surface area contributed by atoms with Gasteiger partial charge in [-0.05, 0) is 6.42 Å². The number of hydrogen-bond donors (Lipinski definition) is 1. The molecule has 6 heteroatoms. The second-order valence-corrected chi connectivity index (χ2v) is 6.21. The summed E-state index contributed by atoms with van der Waals surface area (Å²) in [5.41, 5.74) is 0. The topological polar surface area (TPSA) is 77.4 Å². The van der Waals surface area contributed by atoms with Crippen LogP contribution < -0.4 is 29.6 Å². The minimum Gasteiger partial charge on any atom is -0.748 e. The monoisotopic (exact) mass is 288 g/mol. The van der Waals surface area contributed by atoms with Crippen LogP contribution in [0.5, 0.6) is 0 Å². The maximum Gasteiger partial charge on any atom is 1.00 e. The number of hydrogen-bond acceptors (Lipinski definition) is 4. The molecule has 104 valence electrons. The van der Waals surface area contributed by atoms with E-state index >= 15 is 0 Å². The van der Waals surface area contributed by atoms with Gasteiger partial charge in [0.25, 0.3) is 0 Å². The predicted octanol–water partition coefficient (Wildman–Crippen LogP) is -0.573. The van der Waals surface area contributed by atoms with Crippen LogP contribution in [0.2, 0.25) is 0 Å². The number of unbranched alkanes of at least 4 members (excludes halogenated alkanes) is 7. The summed E-state index contributed by atoms with van der Waals surface area (Å²) in [6.45, 7) is 1.63. The Bertz CT molecular complexity index is 267. The molecule has 0 aliphatic rings. The average molecular weight is 288 g/mol. The minimum absolute atomic E-state index is 0. The standard InChI is InChI=1S/C12H26O4S.Na/c1-2-3-4-5-6-7-8-9-10-12(11-13)17(14,15)16;/h12-13H,2-11H2,1H3,(H,14,15,16);/q;+1/p-1. The molecule has 0 radical (unpaired) electrons. The van der Waals surface area contributed by atoms with Crippen molar-refractivity contribution in [2.45, 2.75) is 70.0 Å². The zero-order chi connectivity index (χ0) is 13.1. The molecule has 0 aromatic heterocycles. The molecule has 0 aliphatic heterocycles. The summed E-state index contributed by atoms with van der Waals surface area (Å²) in [7, 11) is -4.32. The average Bonchev–Trinajstić information content (AvgIpc) is 2.25. The Balaban J connectivity index is 0. The Morgan fingerprint density at radius 2 is 1.44 bits per heavy atom. The first-order chi connectivity index (χ1) is 8.02. The van der Waals surface area contributed by atoms with Gasteiger partial charge in [-0.15, -0.1) is 0 Å². The van der Waals surface area contributed by atoms with Gasteiger partial charge in [-0.1, -0.05) is 58.3 Å². The van der Waals surface area contributed by atoms with E-state index in [-0.39, 0.29) is 36.0 Å². The van der Waals surface area contributed by atoms with Gasteiger partial charge in [0.1, 0.15) is 0 Å². The van der Waals surface area contributed by atoms with Crippen LogP contribution in [0.3, 0.4) is 0 Å². The maximum atomic E-state index is 10.7. The zero-order valence-electron chi connectivity index (χ0n) is 11.7. The molecule has 0 saturated heterocycles. The third-order valence-electron chi connectivity index (χ3n) is 2.99. The molecule has 0 aromatic rings. The van der Waals surface area contributed by atoms with E-state index in [4.69, 9.17) is 5.11 Å². The zero-order valence-corrected chi connectivity index (χ0v) is 14.5. The summed E-state index contributed by atoms with van der Waals surface area (Å²) in [6.07, 6.45) is 9.22. The molecule has 1 N–H and O–H groups in total. The largest absolute Gasteiger partial charge is 1.00 e. The molecule has 18 heavy (non-hydrogen) atoms.